The van der Waals surface area contributed by atoms with Crippen LogP contribution in [0.5, 0.6) is 0 Å². The summed E-state index contributed by atoms with van der Waals surface area (Å²) in [5.74, 6) is 0.138. The van der Waals surface area contributed by atoms with Gasteiger partial charge in [-0.2, -0.15) is 5.10 Å². The molecule has 1 fully saturated rings. The molecule has 115 valence electrons. The Labute approximate surface area is 131 Å². The van der Waals surface area contributed by atoms with Crippen LogP contribution in [0.4, 0.5) is 5.69 Å². The van der Waals surface area contributed by atoms with Gasteiger partial charge in [-0.3, -0.25) is 9.78 Å². The lowest BCUT2D eigenvalue weighted by Gasteiger charge is -2.39. The minimum atomic E-state index is 0.0561. The van der Waals surface area contributed by atoms with Crippen molar-refractivity contribution in [2.24, 2.45) is 5.92 Å². The fraction of sp³-hybridized carbons (Fsp3) is 0.412. The SMILES string of the molecule is [CH2]C(=O)C1CCN(c2cnccc2-n2cc(C)cn2)C(C)C1. The summed E-state index contributed by atoms with van der Waals surface area (Å²) in [5.41, 5.74) is 3.21. The van der Waals surface area contributed by atoms with Crippen molar-refractivity contribution in [3.63, 3.8) is 0 Å². The van der Waals surface area contributed by atoms with Crippen LogP contribution in [0.2, 0.25) is 0 Å². The third-order valence-corrected chi connectivity index (χ3v) is 4.38. The molecule has 0 aliphatic carbocycles. The monoisotopic (exact) mass is 297 g/mol. The van der Waals surface area contributed by atoms with Crippen molar-refractivity contribution < 1.29 is 4.79 Å². The minimum absolute atomic E-state index is 0.0561. The van der Waals surface area contributed by atoms with E-state index in [0.29, 0.717) is 0 Å². The van der Waals surface area contributed by atoms with E-state index in [2.05, 4.69) is 28.8 Å². The van der Waals surface area contributed by atoms with E-state index in [9.17, 15) is 4.79 Å². The third-order valence-electron chi connectivity index (χ3n) is 4.38. The van der Waals surface area contributed by atoms with Gasteiger partial charge in [-0.25, -0.2) is 4.68 Å². The molecule has 1 aliphatic rings. The average Bonchev–Trinajstić information content (AvgIpc) is 2.93. The Morgan fingerprint density at radius 3 is 2.82 bits per heavy atom. The second-order valence-corrected chi connectivity index (χ2v) is 6.06. The number of Topliss-reactive ketones (excluding diaryl/α,β-unsaturated/α-hetero) is 1. The van der Waals surface area contributed by atoms with Gasteiger partial charge in [-0.05, 0) is 38.3 Å². The first-order chi connectivity index (χ1) is 10.6. The highest BCUT2D eigenvalue weighted by atomic mass is 16.1. The summed E-state index contributed by atoms with van der Waals surface area (Å²) in [6.45, 7) is 8.60. The number of hydrogen-bond donors (Lipinski definition) is 0. The van der Waals surface area contributed by atoms with Crippen LogP contribution in [0.25, 0.3) is 5.69 Å². The van der Waals surface area contributed by atoms with Crippen LogP contribution in [-0.2, 0) is 4.79 Å². The van der Waals surface area contributed by atoms with Gasteiger partial charge in [0.05, 0.1) is 23.8 Å². The molecule has 0 bridgehead atoms. The Hall–Kier alpha value is -2.17. The lowest BCUT2D eigenvalue weighted by molar-refractivity contribution is -0.119. The van der Waals surface area contributed by atoms with Gasteiger partial charge in [0.25, 0.3) is 0 Å². The number of aryl methyl sites for hydroxylation is 1. The lowest BCUT2D eigenvalue weighted by Crippen LogP contribution is -2.43. The van der Waals surface area contributed by atoms with Crippen molar-refractivity contribution in [3.05, 3.63) is 43.3 Å². The lowest BCUT2D eigenvalue weighted by atomic mass is 9.88. The largest absolute Gasteiger partial charge is 0.366 e. The number of anilines is 1. The van der Waals surface area contributed by atoms with Crippen LogP contribution in [-0.4, -0.2) is 33.1 Å². The van der Waals surface area contributed by atoms with Crippen LogP contribution < -0.4 is 4.90 Å². The maximum Gasteiger partial charge on any atom is 0.136 e. The Balaban J connectivity index is 1.91. The van der Waals surface area contributed by atoms with Gasteiger partial charge in [0.2, 0.25) is 0 Å². The smallest absolute Gasteiger partial charge is 0.136 e. The van der Waals surface area contributed by atoms with Gasteiger partial charge in [0.1, 0.15) is 5.78 Å². The summed E-state index contributed by atoms with van der Waals surface area (Å²) in [5, 5.41) is 4.41. The standard InChI is InChI=1S/C17H21N4O/c1-12-9-19-21(11-12)16-4-6-18-10-17(16)20-7-5-15(14(3)22)8-13(20)2/h4,6,9-11,13,15H,3,5,7-8H2,1-2H3. The zero-order valence-electron chi connectivity index (χ0n) is 13.1. The van der Waals surface area contributed by atoms with Gasteiger partial charge in [0, 0.05) is 37.8 Å². The van der Waals surface area contributed by atoms with Crippen molar-refractivity contribution >= 4 is 11.5 Å². The molecule has 0 aromatic carbocycles. The van der Waals surface area contributed by atoms with E-state index >= 15 is 0 Å². The van der Waals surface area contributed by atoms with Crippen LogP contribution in [0, 0.1) is 19.8 Å². The van der Waals surface area contributed by atoms with E-state index in [1.165, 1.54) is 0 Å². The zero-order valence-corrected chi connectivity index (χ0v) is 13.1. The summed E-state index contributed by atoms with van der Waals surface area (Å²) >= 11 is 0. The van der Waals surface area contributed by atoms with Crippen LogP contribution in [0.15, 0.2) is 30.9 Å². The molecule has 22 heavy (non-hydrogen) atoms. The quantitative estimate of drug-likeness (QED) is 0.874. The Morgan fingerprint density at radius 1 is 1.36 bits per heavy atom. The van der Waals surface area contributed by atoms with Gasteiger partial charge < -0.3 is 4.90 Å². The number of carbonyl (C=O) groups excluding carboxylic acids is 1. The first kappa shape index (κ1) is 14.8. The molecule has 2 unspecified atom stereocenters. The van der Waals surface area contributed by atoms with E-state index in [-0.39, 0.29) is 17.7 Å². The second kappa shape index (κ2) is 5.91. The summed E-state index contributed by atoms with van der Waals surface area (Å²) in [6.07, 6.45) is 9.22. The highest BCUT2D eigenvalue weighted by Gasteiger charge is 2.29. The Morgan fingerprint density at radius 2 is 2.18 bits per heavy atom. The van der Waals surface area contributed by atoms with E-state index in [4.69, 9.17) is 0 Å². The molecule has 2 atom stereocenters. The highest BCUT2D eigenvalue weighted by molar-refractivity contribution is 5.85. The van der Waals surface area contributed by atoms with Crippen LogP contribution in [0.3, 0.4) is 0 Å². The van der Waals surface area contributed by atoms with Crippen molar-refractivity contribution in [2.45, 2.75) is 32.7 Å². The number of pyridine rings is 1. The molecule has 5 heteroatoms. The summed E-state index contributed by atoms with van der Waals surface area (Å²) in [7, 11) is 0. The molecule has 0 amide bonds. The average molecular weight is 297 g/mol. The van der Waals surface area contributed by atoms with Gasteiger partial charge in [0.15, 0.2) is 0 Å². The number of piperidine rings is 1. The fourth-order valence-electron chi connectivity index (χ4n) is 3.16. The van der Waals surface area contributed by atoms with Crippen LogP contribution in [0.1, 0.15) is 25.3 Å². The number of aromatic nitrogens is 3. The number of ketones is 1. The van der Waals surface area contributed by atoms with E-state index < -0.39 is 0 Å². The molecule has 1 radical (unpaired) electrons. The Bertz CT molecular complexity index is 679. The molecule has 1 saturated heterocycles. The number of nitrogens with zero attached hydrogens (tertiary/aromatic N) is 4. The topological polar surface area (TPSA) is 51.0 Å². The molecule has 0 N–H and O–H groups in total. The molecular weight excluding hydrogens is 276 g/mol. The fourth-order valence-corrected chi connectivity index (χ4v) is 3.16. The molecule has 3 rings (SSSR count). The zero-order chi connectivity index (χ0) is 15.7. The predicted octanol–water partition coefficient (Wildman–Crippen LogP) is 2.58. The normalized spacial score (nSPS) is 21.9. The molecule has 0 spiro atoms. The molecule has 5 nitrogen and oxygen atoms in total. The van der Waals surface area contributed by atoms with E-state index in [1.54, 1.807) is 6.20 Å². The second-order valence-electron chi connectivity index (χ2n) is 6.06. The van der Waals surface area contributed by atoms with Gasteiger partial charge in [-0.15, -0.1) is 0 Å². The van der Waals surface area contributed by atoms with E-state index in [1.807, 2.05) is 36.3 Å². The molecule has 3 heterocycles. The number of hydrogen-bond acceptors (Lipinski definition) is 4. The third kappa shape index (κ3) is 2.75. The van der Waals surface area contributed by atoms with Gasteiger partial charge in [-0.1, -0.05) is 0 Å². The first-order valence-electron chi connectivity index (χ1n) is 7.64. The number of rotatable bonds is 3. The molecule has 2 aromatic rings. The molecular formula is C17H21N4O. The van der Waals surface area contributed by atoms with Crippen molar-refractivity contribution in [1.82, 2.24) is 14.8 Å². The first-order valence-corrected chi connectivity index (χ1v) is 7.64. The molecule has 0 saturated carbocycles. The molecule has 2 aromatic heterocycles. The van der Waals surface area contributed by atoms with Crippen molar-refractivity contribution in [1.29, 1.82) is 0 Å². The van der Waals surface area contributed by atoms with Crippen molar-refractivity contribution in [2.75, 3.05) is 11.4 Å². The molecule has 1 aliphatic heterocycles. The summed E-state index contributed by atoms with van der Waals surface area (Å²) < 4.78 is 1.89. The highest BCUT2D eigenvalue weighted by Crippen LogP contribution is 2.31. The Kier molecular flexibility index (Phi) is 3.96. The van der Waals surface area contributed by atoms with Gasteiger partial charge >= 0.3 is 0 Å². The minimum Gasteiger partial charge on any atom is -0.366 e. The van der Waals surface area contributed by atoms with Crippen LogP contribution >= 0.6 is 0 Å². The summed E-state index contributed by atoms with van der Waals surface area (Å²) in [6, 6.07) is 2.26. The number of carbonyl (C=O) groups is 1. The van der Waals surface area contributed by atoms with Crippen molar-refractivity contribution in [3.8, 4) is 5.69 Å². The maximum atomic E-state index is 11.5. The van der Waals surface area contributed by atoms with E-state index in [0.717, 1.165) is 36.3 Å². The summed E-state index contributed by atoms with van der Waals surface area (Å²) in [4.78, 5) is 18.1. The maximum absolute atomic E-state index is 11.5. The predicted molar refractivity (Wildman–Crippen MR) is 86.0 cm³/mol.